The second-order valence-corrected chi connectivity index (χ2v) is 6.43. The topological polar surface area (TPSA) is 76.1 Å². The summed E-state index contributed by atoms with van der Waals surface area (Å²) in [6.07, 6.45) is 3.37. The zero-order valence-electron chi connectivity index (χ0n) is 17.0. The lowest BCUT2D eigenvalue weighted by atomic mass is 10.0. The molecule has 0 saturated carbocycles. The van der Waals surface area contributed by atoms with E-state index in [0.29, 0.717) is 24.0 Å². The molecule has 2 aromatic carbocycles. The van der Waals surface area contributed by atoms with E-state index in [1.54, 1.807) is 18.3 Å². The molecular weight excluding hydrogens is 364 g/mol. The molecule has 1 aromatic heterocycles. The van der Waals surface area contributed by atoms with Crippen LogP contribution in [0.25, 0.3) is 0 Å². The van der Waals surface area contributed by atoms with Crippen molar-refractivity contribution in [2.24, 2.45) is 0 Å². The number of aryl methyl sites for hydroxylation is 2. The van der Waals surface area contributed by atoms with E-state index in [0.717, 1.165) is 18.5 Å². The van der Waals surface area contributed by atoms with Crippen molar-refractivity contribution >= 4 is 23.2 Å². The highest BCUT2D eigenvalue weighted by molar-refractivity contribution is 6.03. The van der Waals surface area contributed by atoms with Crippen molar-refractivity contribution in [2.75, 3.05) is 17.2 Å². The molecule has 0 aliphatic rings. The van der Waals surface area contributed by atoms with Gasteiger partial charge in [-0.3, -0.25) is 4.79 Å². The van der Waals surface area contributed by atoms with Crippen LogP contribution in [0.15, 0.2) is 54.7 Å². The molecule has 150 valence electrons. The Kier molecular flexibility index (Phi) is 6.79. The number of hydrogen-bond donors (Lipinski definition) is 2. The Morgan fingerprint density at radius 2 is 1.69 bits per heavy atom. The summed E-state index contributed by atoms with van der Waals surface area (Å²) in [5.74, 6) is 0.702. The van der Waals surface area contributed by atoms with Crippen molar-refractivity contribution < 1.29 is 9.53 Å². The van der Waals surface area contributed by atoms with Gasteiger partial charge in [0.25, 0.3) is 5.91 Å². The summed E-state index contributed by atoms with van der Waals surface area (Å²) >= 11 is 0. The summed E-state index contributed by atoms with van der Waals surface area (Å²) < 4.78 is 5.57. The number of para-hydroxylation sites is 3. The van der Waals surface area contributed by atoms with Gasteiger partial charge in [-0.15, -0.1) is 0 Å². The van der Waals surface area contributed by atoms with Crippen molar-refractivity contribution in [3.05, 3.63) is 71.5 Å². The Balaban J connectivity index is 1.83. The van der Waals surface area contributed by atoms with E-state index in [2.05, 4.69) is 52.6 Å². The summed E-state index contributed by atoms with van der Waals surface area (Å²) in [5, 5.41) is 6.17. The fourth-order valence-electron chi connectivity index (χ4n) is 3.10. The molecule has 0 radical (unpaired) electrons. The monoisotopic (exact) mass is 390 g/mol. The summed E-state index contributed by atoms with van der Waals surface area (Å²) in [4.78, 5) is 21.4. The first-order valence-electron chi connectivity index (χ1n) is 9.90. The van der Waals surface area contributed by atoms with Crippen LogP contribution in [-0.4, -0.2) is 22.5 Å². The summed E-state index contributed by atoms with van der Waals surface area (Å²) in [6.45, 7) is 6.64. The van der Waals surface area contributed by atoms with E-state index < -0.39 is 0 Å². The molecule has 0 unspecified atom stereocenters. The maximum atomic E-state index is 12.7. The van der Waals surface area contributed by atoms with Crippen LogP contribution in [0.4, 0.5) is 17.3 Å². The molecule has 0 bridgehead atoms. The third-order valence-electron chi connectivity index (χ3n) is 4.56. The number of anilines is 3. The van der Waals surface area contributed by atoms with Gasteiger partial charge in [0, 0.05) is 11.9 Å². The van der Waals surface area contributed by atoms with Crippen LogP contribution in [-0.2, 0) is 12.8 Å². The lowest BCUT2D eigenvalue weighted by molar-refractivity contribution is 0.102. The number of hydrogen-bond acceptors (Lipinski definition) is 5. The minimum absolute atomic E-state index is 0.279. The number of nitrogens with one attached hydrogen (secondary N) is 2. The zero-order valence-corrected chi connectivity index (χ0v) is 17.0. The number of rotatable bonds is 8. The third kappa shape index (κ3) is 4.90. The maximum absolute atomic E-state index is 12.7. The quantitative estimate of drug-likeness (QED) is 0.566. The predicted octanol–water partition coefficient (Wildman–Crippen LogP) is 5.00. The number of aromatic nitrogens is 2. The lowest BCUT2D eigenvalue weighted by Crippen LogP contribution is -2.15. The number of ether oxygens (including phenoxy) is 1. The average molecular weight is 390 g/mol. The van der Waals surface area contributed by atoms with Gasteiger partial charge in [0.15, 0.2) is 0 Å². The first kappa shape index (κ1) is 20.3. The van der Waals surface area contributed by atoms with Gasteiger partial charge in [-0.1, -0.05) is 44.2 Å². The Hall–Kier alpha value is -3.41. The number of amides is 1. The SMILES string of the molecule is CCOc1ccccc1NC(=O)c1ccnc(Nc2c(CC)cccc2CC)n1. The Labute approximate surface area is 171 Å². The summed E-state index contributed by atoms with van der Waals surface area (Å²) in [5.41, 5.74) is 4.27. The molecule has 0 aliphatic heterocycles. The number of carbonyl (C=O) groups is 1. The lowest BCUT2D eigenvalue weighted by Gasteiger charge is -2.15. The summed E-state index contributed by atoms with van der Waals surface area (Å²) in [7, 11) is 0. The van der Waals surface area contributed by atoms with Crippen LogP contribution < -0.4 is 15.4 Å². The van der Waals surface area contributed by atoms with Crippen LogP contribution in [0.1, 0.15) is 42.4 Å². The summed E-state index contributed by atoms with van der Waals surface area (Å²) in [6, 6.07) is 15.2. The molecule has 0 atom stereocenters. The van der Waals surface area contributed by atoms with E-state index >= 15 is 0 Å². The highest BCUT2D eigenvalue weighted by Gasteiger charge is 2.13. The molecule has 2 N–H and O–H groups in total. The van der Waals surface area contributed by atoms with E-state index in [4.69, 9.17) is 4.74 Å². The van der Waals surface area contributed by atoms with E-state index in [9.17, 15) is 4.79 Å². The average Bonchev–Trinajstić information content (AvgIpc) is 2.75. The molecule has 3 rings (SSSR count). The predicted molar refractivity (Wildman–Crippen MR) is 116 cm³/mol. The second-order valence-electron chi connectivity index (χ2n) is 6.43. The smallest absolute Gasteiger partial charge is 0.274 e. The first-order chi connectivity index (χ1) is 14.2. The molecule has 0 fully saturated rings. The van der Waals surface area contributed by atoms with Gasteiger partial charge in [0.2, 0.25) is 5.95 Å². The second kappa shape index (κ2) is 9.68. The molecule has 1 heterocycles. The largest absolute Gasteiger partial charge is 0.492 e. The molecule has 29 heavy (non-hydrogen) atoms. The van der Waals surface area contributed by atoms with Crippen molar-refractivity contribution in [3.63, 3.8) is 0 Å². The van der Waals surface area contributed by atoms with Crippen molar-refractivity contribution in [1.29, 1.82) is 0 Å². The standard InChI is InChI=1S/C23H26N4O2/c1-4-16-10-9-11-17(5-2)21(16)27-23-24-15-14-19(26-23)22(28)25-18-12-7-8-13-20(18)29-6-3/h7-15H,4-6H2,1-3H3,(H,25,28)(H,24,26,27). The van der Waals surface area contributed by atoms with Gasteiger partial charge < -0.3 is 15.4 Å². The molecule has 0 spiro atoms. The number of carbonyl (C=O) groups excluding carboxylic acids is 1. The molecule has 0 aliphatic carbocycles. The van der Waals surface area contributed by atoms with Crippen molar-refractivity contribution in [1.82, 2.24) is 9.97 Å². The van der Waals surface area contributed by atoms with Crippen LogP contribution in [0.2, 0.25) is 0 Å². The van der Waals surface area contributed by atoms with Gasteiger partial charge in [-0.2, -0.15) is 0 Å². The first-order valence-corrected chi connectivity index (χ1v) is 9.90. The van der Waals surface area contributed by atoms with Gasteiger partial charge in [-0.05, 0) is 49.1 Å². The normalized spacial score (nSPS) is 10.4. The number of benzene rings is 2. The van der Waals surface area contributed by atoms with Gasteiger partial charge in [0.05, 0.1) is 12.3 Å². The molecule has 6 heteroatoms. The van der Waals surface area contributed by atoms with E-state index in [-0.39, 0.29) is 11.6 Å². The zero-order chi connectivity index (χ0) is 20.6. The van der Waals surface area contributed by atoms with Crippen molar-refractivity contribution in [2.45, 2.75) is 33.6 Å². The fourth-order valence-corrected chi connectivity index (χ4v) is 3.10. The van der Waals surface area contributed by atoms with Crippen LogP contribution in [0, 0.1) is 0 Å². The molecule has 3 aromatic rings. The maximum Gasteiger partial charge on any atom is 0.274 e. The molecule has 0 saturated heterocycles. The van der Waals surface area contributed by atoms with Crippen LogP contribution in [0.3, 0.4) is 0 Å². The van der Waals surface area contributed by atoms with E-state index in [1.807, 2.05) is 25.1 Å². The minimum Gasteiger partial charge on any atom is -0.492 e. The molecular formula is C23H26N4O2. The van der Waals surface area contributed by atoms with Crippen LogP contribution >= 0.6 is 0 Å². The van der Waals surface area contributed by atoms with E-state index in [1.165, 1.54) is 11.1 Å². The Bertz CT molecular complexity index is 966. The highest BCUT2D eigenvalue weighted by Crippen LogP contribution is 2.26. The highest BCUT2D eigenvalue weighted by atomic mass is 16.5. The fraction of sp³-hybridized carbons (Fsp3) is 0.261. The van der Waals surface area contributed by atoms with Crippen LogP contribution in [0.5, 0.6) is 5.75 Å². The Morgan fingerprint density at radius 1 is 0.966 bits per heavy atom. The van der Waals surface area contributed by atoms with Crippen molar-refractivity contribution in [3.8, 4) is 5.75 Å². The Morgan fingerprint density at radius 3 is 2.38 bits per heavy atom. The molecule has 1 amide bonds. The van der Waals surface area contributed by atoms with Gasteiger partial charge in [0.1, 0.15) is 11.4 Å². The third-order valence-corrected chi connectivity index (χ3v) is 4.56. The molecule has 6 nitrogen and oxygen atoms in total. The minimum atomic E-state index is -0.318. The van der Waals surface area contributed by atoms with Gasteiger partial charge >= 0.3 is 0 Å². The van der Waals surface area contributed by atoms with Gasteiger partial charge in [-0.25, -0.2) is 9.97 Å². The number of nitrogens with zero attached hydrogens (tertiary/aromatic N) is 2.